The smallest absolute Gasteiger partial charge is 0.246 e. The lowest BCUT2D eigenvalue weighted by atomic mass is 9.88. The van der Waals surface area contributed by atoms with Crippen LogP contribution in [0.2, 0.25) is 0 Å². The number of likely N-dealkylation sites (N-methyl/N-ethyl adjacent to an activating group) is 1. The van der Waals surface area contributed by atoms with Crippen LogP contribution in [-0.4, -0.2) is 129 Å². The second kappa shape index (κ2) is 26.7. The number of β-amino-alcohol motifs (C(OH)–C–C–N with tert-alkyl or cyclic N) is 1. The fourth-order valence-corrected chi connectivity index (χ4v) is 8.94. The van der Waals surface area contributed by atoms with Gasteiger partial charge in [0.25, 0.3) is 0 Å². The van der Waals surface area contributed by atoms with Crippen LogP contribution in [0.15, 0.2) is 115 Å². The number of amides is 3. The third kappa shape index (κ3) is 15.1. The minimum absolute atomic E-state index is 0.00348. The number of hydrogen-bond acceptors (Lipinski definition) is 11. The summed E-state index contributed by atoms with van der Waals surface area (Å²) in [7, 11) is 2.03. The van der Waals surface area contributed by atoms with E-state index < -0.39 is 30.0 Å². The predicted molar refractivity (Wildman–Crippen MR) is 268 cm³/mol. The first-order chi connectivity index (χ1) is 33.0. The summed E-state index contributed by atoms with van der Waals surface area (Å²) < 4.78 is 23.0. The Morgan fingerprint density at radius 1 is 0.809 bits per heavy atom. The number of hydrogen-bond donors (Lipinski definition) is 3. The average Bonchev–Trinajstić information content (AvgIpc) is 3.97. The number of carbonyl (C=O) groups excluding carboxylic acids is 3. The molecule has 3 amide bonds. The Hall–Kier alpha value is -5.74. The number of nitrogens with one attached hydrogen (secondary N) is 2. The number of aliphatic hydroxyl groups excluding tert-OH is 1. The van der Waals surface area contributed by atoms with E-state index in [2.05, 4.69) is 88.1 Å². The lowest BCUT2D eigenvalue weighted by molar-refractivity contribution is -0.143. The number of rotatable bonds is 26. The molecule has 1 aliphatic heterocycles. The Morgan fingerprint density at radius 3 is 2.06 bits per heavy atom. The van der Waals surface area contributed by atoms with Crippen LogP contribution in [0, 0.1) is 12.8 Å². The topological polar surface area (TPSA) is 152 Å². The zero-order chi connectivity index (χ0) is 48.3. The molecule has 13 nitrogen and oxygen atoms in total. The summed E-state index contributed by atoms with van der Waals surface area (Å²) in [5, 5.41) is 16.2. The van der Waals surface area contributed by atoms with Gasteiger partial charge in [0.05, 0.1) is 55.2 Å². The summed E-state index contributed by atoms with van der Waals surface area (Å²) in [5.74, 6) is -0.684. The SMILES string of the molecule is CCC(=C(c1ccccc1)c1ccc(OCCN(C)CCOCCOCCOCC(=O)N[C@H](C(=O)N2C[C@H](O)C[C@H]2C(=O)NCc2ccc(-c3scnc3C)cc2)C(C)C)cc1)c1ccccc1. The van der Waals surface area contributed by atoms with Crippen molar-refractivity contribution in [3.8, 4) is 16.2 Å². The molecule has 2 heterocycles. The molecule has 3 N–H and O–H groups in total. The molecule has 0 saturated carbocycles. The van der Waals surface area contributed by atoms with E-state index in [1.165, 1.54) is 27.2 Å². The highest BCUT2D eigenvalue weighted by Gasteiger charge is 2.42. The van der Waals surface area contributed by atoms with Crippen molar-refractivity contribution >= 4 is 40.2 Å². The Bertz CT molecular complexity index is 2360. The second-order valence-corrected chi connectivity index (χ2v) is 18.1. The molecule has 0 aliphatic carbocycles. The number of carbonyl (C=O) groups is 3. The van der Waals surface area contributed by atoms with Gasteiger partial charge in [0, 0.05) is 32.6 Å². The van der Waals surface area contributed by atoms with Gasteiger partial charge >= 0.3 is 0 Å². The van der Waals surface area contributed by atoms with Crippen LogP contribution >= 0.6 is 11.3 Å². The maximum atomic E-state index is 13.7. The van der Waals surface area contributed by atoms with Crippen LogP contribution in [0.3, 0.4) is 0 Å². The highest BCUT2D eigenvalue weighted by Crippen LogP contribution is 2.35. The van der Waals surface area contributed by atoms with Gasteiger partial charge in [0.1, 0.15) is 31.0 Å². The van der Waals surface area contributed by atoms with Crippen LogP contribution in [0.1, 0.15) is 61.6 Å². The van der Waals surface area contributed by atoms with Crippen molar-refractivity contribution in [1.29, 1.82) is 0 Å². The number of likely N-dealkylation sites (tertiary alicyclic amines) is 1. The molecule has 4 aromatic carbocycles. The fourth-order valence-electron chi connectivity index (χ4n) is 8.13. The molecule has 1 aliphatic rings. The number of aryl methyl sites for hydroxylation is 1. The molecular weight excluding hydrogens is 879 g/mol. The molecule has 5 aromatic rings. The maximum absolute atomic E-state index is 13.7. The van der Waals surface area contributed by atoms with Crippen molar-refractivity contribution in [3.63, 3.8) is 0 Å². The molecule has 14 heteroatoms. The third-order valence-electron chi connectivity index (χ3n) is 11.9. The molecule has 1 aromatic heterocycles. The van der Waals surface area contributed by atoms with E-state index in [-0.39, 0.29) is 51.2 Å². The fraction of sp³-hybridized carbons (Fsp3) is 0.407. The first-order valence-corrected chi connectivity index (χ1v) is 24.4. The van der Waals surface area contributed by atoms with E-state index in [1.807, 2.05) is 81.9 Å². The molecule has 362 valence electrons. The van der Waals surface area contributed by atoms with Crippen LogP contribution in [0.5, 0.6) is 5.75 Å². The van der Waals surface area contributed by atoms with E-state index in [9.17, 15) is 19.5 Å². The van der Waals surface area contributed by atoms with Crippen molar-refractivity contribution in [3.05, 3.63) is 143 Å². The molecule has 0 radical (unpaired) electrons. The number of benzene rings is 4. The maximum Gasteiger partial charge on any atom is 0.246 e. The van der Waals surface area contributed by atoms with E-state index in [4.69, 9.17) is 18.9 Å². The standard InChI is InChI=1S/C54H67N5O8S/c1-6-47(41-13-9-7-10-14-41)50(42-15-11-8-12-16-42)43-21-23-46(24-22-43)67-28-26-58(5)25-27-64-29-30-65-31-32-66-36-49(61)57-51(38(2)3)54(63)59-35-45(60)33-48(59)53(62)55-34-40-17-19-44(20-18-40)52-39(4)56-37-68-52/h7-24,37-38,45,48,51,60H,6,25-36H2,1-5H3,(H,55,62)(H,57,61)/t45-,48+,51+/m1/s1. The summed E-state index contributed by atoms with van der Waals surface area (Å²) >= 11 is 1.58. The molecule has 0 spiro atoms. The van der Waals surface area contributed by atoms with Crippen molar-refractivity contribution in [2.24, 2.45) is 5.92 Å². The second-order valence-electron chi connectivity index (χ2n) is 17.3. The van der Waals surface area contributed by atoms with Gasteiger partial charge in [-0.3, -0.25) is 14.4 Å². The van der Waals surface area contributed by atoms with E-state index in [0.29, 0.717) is 26.4 Å². The lowest BCUT2D eigenvalue weighted by Gasteiger charge is -2.30. The molecule has 3 atom stereocenters. The van der Waals surface area contributed by atoms with Crippen LogP contribution in [0.4, 0.5) is 0 Å². The van der Waals surface area contributed by atoms with Gasteiger partial charge in [-0.25, -0.2) is 4.98 Å². The van der Waals surface area contributed by atoms with Gasteiger partial charge < -0.3 is 44.5 Å². The predicted octanol–water partition coefficient (Wildman–Crippen LogP) is 7.27. The summed E-state index contributed by atoms with van der Waals surface area (Å²) in [4.78, 5) is 48.9. The number of aromatic nitrogens is 1. The van der Waals surface area contributed by atoms with Gasteiger partial charge in [-0.2, -0.15) is 0 Å². The van der Waals surface area contributed by atoms with Gasteiger partial charge in [-0.05, 0) is 77.4 Å². The Balaban J connectivity index is 0.823. The summed E-state index contributed by atoms with van der Waals surface area (Å²) in [6.07, 6.45) is 0.171. The zero-order valence-corrected chi connectivity index (χ0v) is 40.8. The van der Waals surface area contributed by atoms with Gasteiger partial charge in [0.2, 0.25) is 17.7 Å². The van der Waals surface area contributed by atoms with Crippen LogP contribution in [-0.2, 0) is 35.1 Å². The van der Waals surface area contributed by atoms with E-state index in [1.54, 1.807) is 11.3 Å². The quantitative estimate of drug-likeness (QED) is 0.0382. The molecule has 0 unspecified atom stereocenters. The summed E-state index contributed by atoms with van der Waals surface area (Å²) in [5.41, 5.74) is 10.8. The average molecular weight is 946 g/mol. The number of aliphatic hydroxyl groups is 1. The minimum atomic E-state index is -0.899. The zero-order valence-electron chi connectivity index (χ0n) is 40.0. The summed E-state index contributed by atoms with van der Waals surface area (Å²) in [6, 6.07) is 35.6. The Kier molecular flexibility index (Phi) is 20.3. The monoisotopic (exact) mass is 945 g/mol. The van der Waals surface area contributed by atoms with Crippen molar-refractivity contribution in [2.45, 2.75) is 65.3 Å². The molecule has 0 bridgehead atoms. The minimum Gasteiger partial charge on any atom is -0.492 e. The lowest BCUT2D eigenvalue weighted by Crippen LogP contribution is -2.55. The number of nitrogens with zero attached hydrogens (tertiary/aromatic N) is 3. The van der Waals surface area contributed by atoms with Gasteiger partial charge in [-0.1, -0.05) is 118 Å². The molecule has 1 saturated heterocycles. The summed E-state index contributed by atoms with van der Waals surface area (Å²) in [6.45, 7) is 11.7. The molecule has 68 heavy (non-hydrogen) atoms. The number of allylic oxidation sites excluding steroid dienone is 1. The third-order valence-corrected chi connectivity index (χ3v) is 12.8. The van der Waals surface area contributed by atoms with Gasteiger partial charge in [-0.15, -0.1) is 11.3 Å². The van der Waals surface area contributed by atoms with Crippen LogP contribution in [0.25, 0.3) is 21.6 Å². The van der Waals surface area contributed by atoms with Crippen molar-refractivity contribution in [1.82, 2.24) is 25.4 Å². The highest BCUT2D eigenvalue weighted by atomic mass is 32.1. The highest BCUT2D eigenvalue weighted by molar-refractivity contribution is 7.13. The molecular formula is C54H67N5O8S. The first-order valence-electron chi connectivity index (χ1n) is 23.6. The van der Waals surface area contributed by atoms with Crippen molar-refractivity contribution in [2.75, 3.05) is 72.9 Å². The first kappa shape index (κ1) is 51.6. The van der Waals surface area contributed by atoms with Gasteiger partial charge in [0.15, 0.2) is 0 Å². The van der Waals surface area contributed by atoms with Crippen molar-refractivity contribution < 1.29 is 38.4 Å². The molecule has 6 rings (SSSR count). The normalized spacial score (nSPS) is 15.6. The Morgan fingerprint density at radius 2 is 1.43 bits per heavy atom. The number of thiazole rings is 1. The molecule has 1 fully saturated rings. The van der Waals surface area contributed by atoms with E-state index >= 15 is 0 Å². The van der Waals surface area contributed by atoms with Crippen LogP contribution < -0.4 is 15.4 Å². The number of ether oxygens (including phenoxy) is 4. The van der Waals surface area contributed by atoms with E-state index in [0.717, 1.165) is 52.5 Å². The largest absolute Gasteiger partial charge is 0.492 e. The Labute approximate surface area is 405 Å².